The first-order valence-corrected chi connectivity index (χ1v) is 7.39. The number of benzene rings is 1. The molecule has 1 aromatic rings. The average Bonchev–Trinajstić information content (AvgIpc) is 2.19. The van der Waals surface area contributed by atoms with Gasteiger partial charge in [-0.25, -0.2) is 0 Å². The van der Waals surface area contributed by atoms with Crippen molar-refractivity contribution >= 4 is 38.5 Å². The summed E-state index contributed by atoms with van der Waals surface area (Å²) < 4.78 is 7.09. The number of halogens is 2. The lowest BCUT2D eigenvalue weighted by molar-refractivity contribution is 0.0833. The van der Waals surface area contributed by atoms with Gasteiger partial charge in [0.05, 0.1) is 10.2 Å². The van der Waals surface area contributed by atoms with Crippen LogP contribution >= 0.6 is 38.5 Å². The van der Waals surface area contributed by atoms with Crippen molar-refractivity contribution in [1.82, 2.24) is 0 Å². The van der Waals surface area contributed by atoms with Crippen LogP contribution < -0.4 is 4.74 Å². The topological polar surface area (TPSA) is 9.23 Å². The molecule has 0 unspecified atom stereocenters. The number of hydrogen-bond donors (Lipinski definition) is 0. The predicted octanol–water partition coefficient (Wildman–Crippen LogP) is 4.24. The molecule has 1 aliphatic rings. The maximum absolute atomic E-state index is 5.90. The van der Waals surface area contributed by atoms with Gasteiger partial charge < -0.3 is 4.74 Å². The van der Waals surface area contributed by atoms with Crippen LogP contribution in [0.1, 0.15) is 19.3 Å². The van der Waals surface area contributed by atoms with Gasteiger partial charge in [0.1, 0.15) is 5.75 Å². The third kappa shape index (κ3) is 2.67. The summed E-state index contributed by atoms with van der Waals surface area (Å²) in [6.45, 7) is 0.846. The second-order valence-electron chi connectivity index (χ2n) is 4.21. The zero-order chi connectivity index (χ0) is 10.7. The Bertz CT molecular complexity index is 331. The lowest BCUT2D eigenvalue weighted by atomic mass is 9.71. The van der Waals surface area contributed by atoms with Gasteiger partial charge >= 0.3 is 0 Å². The third-order valence-electron chi connectivity index (χ3n) is 3.07. The van der Waals surface area contributed by atoms with E-state index in [1.54, 1.807) is 0 Å². The Kier molecular flexibility index (Phi) is 3.93. The van der Waals surface area contributed by atoms with Crippen molar-refractivity contribution in [1.29, 1.82) is 0 Å². The normalized spacial score (nSPS) is 18.3. The van der Waals surface area contributed by atoms with Crippen molar-refractivity contribution in [2.24, 2.45) is 5.41 Å². The van der Waals surface area contributed by atoms with E-state index in [1.807, 2.05) is 18.2 Å². The number of rotatable bonds is 4. The van der Waals surface area contributed by atoms with E-state index in [2.05, 4.69) is 44.6 Å². The molecule has 0 radical (unpaired) electrons. The molecule has 0 aromatic heterocycles. The van der Waals surface area contributed by atoms with Gasteiger partial charge in [-0.3, -0.25) is 0 Å². The molecule has 0 heterocycles. The molecule has 1 nitrogen and oxygen atoms in total. The first kappa shape index (κ1) is 11.7. The maximum atomic E-state index is 5.90. The van der Waals surface area contributed by atoms with Crippen molar-refractivity contribution in [3.8, 4) is 5.75 Å². The molecule has 0 N–H and O–H groups in total. The van der Waals surface area contributed by atoms with Gasteiger partial charge in [0.2, 0.25) is 0 Å². The fourth-order valence-corrected chi connectivity index (χ4v) is 3.05. The molecule has 2 rings (SSSR count). The van der Waals surface area contributed by atoms with E-state index in [0.717, 1.165) is 17.7 Å². The van der Waals surface area contributed by atoms with Crippen LogP contribution in [0.3, 0.4) is 0 Å². The van der Waals surface area contributed by atoms with E-state index in [1.165, 1.54) is 22.8 Å². The van der Waals surface area contributed by atoms with Crippen molar-refractivity contribution in [2.45, 2.75) is 19.3 Å². The molecule has 0 atom stereocenters. The summed E-state index contributed by atoms with van der Waals surface area (Å²) >= 11 is 5.91. The maximum Gasteiger partial charge on any atom is 0.132 e. The number of alkyl halides is 1. The summed E-state index contributed by atoms with van der Waals surface area (Å²) in [5, 5.41) is 1.06. The molecule has 3 heteroatoms. The predicted molar refractivity (Wildman–Crippen MR) is 74.7 cm³/mol. The number of hydrogen-bond acceptors (Lipinski definition) is 1. The molecular weight excluding hydrogens is 367 g/mol. The Hall–Kier alpha value is 0.230. The second kappa shape index (κ2) is 5.04. The molecule has 1 aliphatic carbocycles. The van der Waals surface area contributed by atoms with Gasteiger partial charge in [-0.2, -0.15) is 0 Å². The molecule has 82 valence electrons. The highest BCUT2D eigenvalue weighted by Crippen LogP contribution is 2.42. The van der Waals surface area contributed by atoms with Crippen molar-refractivity contribution in [3.63, 3.8) is 0 Å². The summed E-state index contributed by atoms with van der Waals surface area (Å²) in [6.07, 6.45) is 3.93. The lowest BCUT2D eigenvalue weighted by Crippen LogP contribution is -2.37. The van der Waals surface area contributed by atoms with Gasteiger partial charge in [-0.05, 0) is 47.6 Å². The van der Waals surface area contributed by atoms with E-state index >= 15 is 0 Å². The molecule has 0 spiro atoms. The first-order valence-electron chi connectivity index (χ1n) is 5.19. The fourth-order valence-electron chi connectivity index (χ4n) is 1.79. The Labute approximate surface area is 113 Å². The summed E-state index contributed by atoms with van der Waals surface area (Å²) in [4.78, 5) is 0. The molecule has 0 aliphatic heterocycles. The van der Waals surface area contributed by atoms with Gasteiger partial charge in [0, 0.05) is 10.7 Å². The van der Waals surface area contributed by atoms with Gasteiger partial charge in [-0.15, -0.1) is 0 Å². The van der Waals surface area contributed by atoms with Crippen LogP contribution in [0.5, 0.6) is 5.75 Å². The van der Waals surface area contributed by atoms with E-state index in [0.29, 0.717) is 5.41 Å². The van der Waals surface area contributed by atoms with Crippen molar-refractivity contribution in [3.05, 3.63) is 27.8 Å². The molecule has 15 heavy (non-hydrogen) atoms. The Morgan fingerprint density at radius 1 is 1.33 bits per heavy atom. The highest BCUT2D eigenvalue weighted by atomic mass is 127. The minimum Gasteiger partial charge on any atom is -0.492 e. The molecule has 1 fully saturated rings. The highest BCUT2D eigenvalue weighted by molar-refractivity contribution is 14.1. The zero-order valence-electron chi connectivity index (χ0n) is 8.51. The summed E-state index contributed by atoms with van der Waals surface area (Å²) in [5.41, 5.74) is 0.402. The molecule has 1 aromatic carbocycles. The highest BCUT2D eigenvalue weighted by Gasteiger charge is 2.36. The summed E-state index contributed by atoms with van der Waals surface area (Å²) in [6, 6.07) is 8.19. The van der Waals surface area contributed by atoms with E-state index in [-0.39, 0.29) is 0 Å². The number of para-hydroxylation sites is 1. The van der Waals surface area contributed by atoms with E-state index in [4.69, 9.17) is 4.74 Å². The van der Waals surface area contributed by atoms with Crippen LogP contribution in [0, 0.1) is 8.99 Å². The van der Waals surface area contributed by atoms with Gasteiger partial charge in [0.25, 0.3) is 0 Å². The Morgan fingerprint density at radius 3 is 2.60 bits per heavy atom. The summed E-state index contributed by atoms with van der Waals surface area (Å²) in [5.74, 6) is 1.02. The standard InChI is InChI=1S/C12H14BrIO/c13-8-12(6-3-7-12)9-15-11-5-2-1-4-10(11)14/h1-2,4-5H,3,6-9H2. The van der Waals surface area contributed by atoms with Crippen LogP contribution in [0.25, 0.3) is 0 Å². The molecule has 0 amide bonds. The summed E-state index contributed by atoms with van der Waals surface area (Å²) in [7, 11) is 0. The zero-order valence-corrected chi connectivity index (χ0v) is 12.3. The molecule has 0 bridgehead atoms. The van der Waals surface area contributed by atoms with Crippen LogP contribution in [-0.4, -0.2) is 11.9 Å². The minimum atomic E-state index is 0.402. The average molecular weight is 381 g/mol. The van der Waals surface area contributed by atoms with Crippen LogP contribution in [-0.2, 0) is 0 Å². The van der Waals surface area contributed by atoms with Crippen molar-refractivity contribution in [2.75, 3.05) is 11.9 Å². The van der Waals surface area contributed by atoms with E-state index in [9.17, 15) is 0 Å². The number of ether oxygens (including phenoxy) is 1. The van der Waals surface area contributed by atoms with Gasteiger partial charge in [0.15, 0.2) is 0 Å². The van der Waals surface area contributed by atoms with Crippen LogP contribution in [0.4, 0.5) is 0 Å². The fraction of sp³-hybridized carbons (Fsp3) is 0.500. The van der Waals surface area contributed by atoms with Crippen LogP contribution in [0.15, 0.2) is 24.3 Å². The third-order valence-corrected chi connectivity index (χ3v) is 5.15. The first-order chi connectivity index (χ1) is 7.26. The molecular formula is C12H14BrIO. The smallest absolute Gasteiger partial charge is 0.132 e. The Morgan fingerprint density at radius 2 is 2.07 bits per heavy atom. The largest absolute Gasteiger partial charge is 0.492 e. The molecule has 0 saturated heterocycles. The lowest BCUT2D eigenvalue weighted by Gasteiger charge is -2.40. The van der Waals surface area contributed by atoms with E-state index < -0.39 is 0 Å². The molecule has 1 saturated carbocycles. The van der Waals surface area contributed by atoms with Crippen LogP contribution in [0.2, 0.25) is 0 Å². The quantitative estimate of drug-likeness (QED) is 0.560. The monoisotopic (exact) mass is 380 g/mol. The van der Waals surface area contributed by atoms with Gasteiger partial charge in [-0.1, -0.05) is 34.5 Å². The minimum absolute atomic E-state index is 0.402. The second-order valence-corrected chi connectivity index (χ2v) is 5.93. The Balaban J connectivity index is 1.95. The SMILES string of the molecule is BrCC1(COc2ccccc2I)CCC1. The van der Waals surface area contributed by atoms with Crippen molar-refractivity contribution < 1.29 is 4.74 Å².